The van der Waals surface area contributed by atoms with Crippen molar-refractivity contribution in [3.8, 4) is 0 Å². The van der Waals surface area contributed by atoms with Crippen LogP contribution in [0.15, 0.2) is 18.2 Å². The van der Waals surface area contributed by atoms with Crippen LogP contribution in [0.4, 0.5) is 0 Å². The number of fused-ring (bicyclic) bond motifs is 1. The summed E-state index contributed by atoms with van der Waals surface area (Å²) in [5.74, 6) is 0.639. The highest BCUT2D eigenvalue weighted by molar-refractivity contribution is 5.94. The summed E-state index contributed by atoms with van der Waals surface area (Å²) in [6.07, 6.45) is 6.63. The molecular formula is C17H23NO2. The van der Waals surface area contributed by atoms with Crippen molar-refractivity contribution in [1.29, 1.82) is 0 Å². The number of rotatable bonds is 3. The van der Waals surface area contributed by atoms with Gasteiger partial charge in [-0.25, -0.2) is 0 Å². The van der Waals surface area contributed by atoms with E-state index in [2.05, 4.69) is 12.1 Å². The largest absolute Gasteiger partial charge is 0.396 e. The average molecular weight is 273 g/mol. The second-order valence-electron chi connectivity index (χ2n) is 6.11. The number of nitrogens with zero attached hydrogens (tertiary/aromatic N) is 1. The molecule has 2 aliphatic rings. The summed E-state index contributed by atoms with van der Waals surface area (Å²) in [6, 6.07) is 6.24. The van der Waals surface area contributed by atoms with Gasteiger partial charge < -0.3 is 10.0 Å². The lowest BCUT2D eigenvalue weighted by Gasteiger charge is -2.20. The number of aliphatic hydroxyl groups excluding tert-OH is 1. The maximum absolute atomic E-state index is 12.5. The predicted octanol–water partition coefficient (Wildman–Crippen LogP) is 2.41. The SMILES string of the molecule is O=C(c1ccc2c(c1)CCCC2)N1CCC(CCO)C1. The highest BCUT2D eigenvalue weighted by atomic mass is 16.3. The van der Waals surface area contributed by atoms with E-state index in [-0.39, 0.29) is 12.5 Å². The van der Waals surface area contributed by atoms with Gasteiger partial charge in [0.2, 0.25) is 0 Å². The van der Waals surface area contributed by atoms with Crippen molar-refractivity contribution in [2.75, 3.05) is 19.7 Å². The van der Waals surface area contributed by atoms with Gasteiger partial charge in [0.15, 0.2) is 0 Å². The second kappa shape index (κ2) is 5.96. The number of aliphatic hydroxyl groups is 1. The van der Waals surface area contributed by atoms with Crippen LogP contribution < -0.4 is 0 Å². The van der Waals surface area contributed by atoms with Gasteiger partial charge in [0, 0.05) is 25.3 Å². The molecule has 1 aromatic carbocycles. The molecule has 1 atom stereocenters. The molecule has 3 nitrogen and oxygen atoms in total. The Morgan fingerprint density at radius 2 is 2.05 bits per heavy atom. The molecule has 1 saturated heterocycles. The lowest BCUT2D eigenvalue weighted by atomic mass is 9.90. The molecule has 1 aliphatic heterocycles. The van der Waals surface area contributed by atoms with E-state index in [4.69, 9.17) is 5.11 Å². The van der Waals surface area contributed by atoms with Crippen LogP contribution in [0.2, 0.25) is 0 Å². The van der Waals surface area contributed by atoms with Crippen LogP contribution in [-0.2, 0) is 12.8 Å². The van der Waals surface area contributed by atoms with E-state index in [0.717, 1.165) is 44.3 Å². The molecule has 1 aliphatic carbocycles. The first-order valence-corrected chi connectivity index (χ1v) is 7.80. The minimum absolute atomic E-state index is 0.166. The normalized spacial score (nSPS) is 21.9. The van der Waals surface area contributed by atoms with Crippen LogP contribution in [-0.4, -0.2) is 35.6 Å². The van der Waals surface area contributed by atoms with Gasteiger partial charge in [-0.2, -0.15) is 0 Å². The monoisotopic (exact) mass is 273 g/mol. The van der Waals surface area contributed by atoms with Gasteiger partial charge in [0.1, 0.15) is 0 Å². The summed E-state index contributed by atoms with van der Waals surface area (Å²) in [5.41, 5.74) is 3.64. The van der Waals surface area contributed by atoms with Crippen LogP contribution in [0, 0.1) is 5.92 Å². The third-order valence-corrected chi connectivity index (χ3v) is 4.71. The number of hydrogen-bond donors (Lipinski definition) is 1. The smallest absolute Gasteiger partial charge is 0.253 e. The van der Waals surface area contributed by atoms with Crippen LogP contribution in [0.1, 0.15) is 47.2 Å². The first-order valence-electron chi connectivity index (χ1n) is 7.80. The Kier molecular flexibility index (Phi) is 4.06. The predicted molar refractivity (Wildman–Crippen MR) is 78.8 cm³/mol. The molecule has 0 aromatic heterocycles. The van der Waals surface area contributed by atoms with Crippen LogP contribution >= 0.6 is 0 Å². The third kappa shape index (κ3) is 2.73. The van der Waals surface area contributed by atoms with Crippen LogP contribution in [0.5, 0.6) is 0 Å². The minimum atomic E-state index is 0.166. The highest BCUT2D eigenvalue weighted by Crippen LogP contribution is 2.25. The van der Waals surface area contributed by atoms with E-state index >= 15 is 0 Å². The third-order valence-electron chi connectivity index (χ3n) is 4.71. The minimum Gasteiger partial charge on any atom is -0.396 e. The molecule has 0 bridgehead atoms. The molecule has 1 aromatic rings. The molecule has 1 fully saturated rings. The quantitative estimate of drug-likeness (QED) is 0.918. The lowest BCUT2D eigenvalue weighted by Crippen LogP contribution is -2.29. The van der Waals surface area contributed by atoms with Crippen molar-refractivity contribution in [2.24, 2.45) is 5.92 Å². The molecule has 0 radical (unpaired) electrons. The number of hydrogen-bond acceptors (Lipinski definition) is 2. The Hall–Kier alpha value is -1.35. The standard InChI is InChI=1S/C17H23NO2/c19-10-8-13-7-9-18(12-13)17(20)16-6-5-14-3-1-2-4-15(14)11-16/h5-6,11,13,19H,1-4,7-10,12H2. The Morgan fingerprint density at radius 3 is 2.85 bits per heavy atom. The number of aryl methyl sites for hydroxylation is 2. The van der Waals surface area contributed by atoms with Gasteiger partial charge in [-0.1, -0.05) is 6.07 Å². The van der Waals surface area contributed by atoms with Gasteiger partial charge >= 0.3 is 0 Å². The summed E-state index contributed by atoms with van der Waals surface area (Å²) < 4.78 is 0. The van der Waals surface area contributed by atoms with Crippen LogP contribution in [0.25, 0.3) is 0 Å². The van der Waals surface area contributed by atoms with E-state index < -0.39 is 0 Å². The molecule has 1 unspecified atom stereocenters. The number of benzene rings is 1. The lowest BCUT2D eigenvalue weighted by molar-refractivity contribution is 0.0784. The van der Waals surface area contributed by atoms with Gasteiger partial charge in [-0.3, -0.25) is 4.79 Å². The second-order valence-corrected chi connectivity index (χ2v) is 6.11. The van der Waals surface area contributed by atoms with E-state index in [1.165, 1.54) is 24.0 Å². The molecule has 1 amide bonds. The van der Waals surface area contributed by atoms with Gasteiger partial charge in [0.25, 0.3) is 5.91 Å². The zero-order valence-electron chi connectivity index (χ0n) is 12.0. The number of carbonyl (C=O) groups is 1. The van der Waals surface area contributed by atoms with Gasteiger partial charge in [-0.15, -0.1) is 0 Å². The van der Waals surface area contributed by atoms with Gasteiger partial charge in [-0.05, 0) is 67.7 Å². The topological polar surface area (TPSA) is 40.5 Å². The fourth-order valence-corrected chi connectivity index (χ4v) is 3.48. The average Bonchev–Trinajstić information content (AvgIpc) is 2.95. The fourth-order valence-electron chi connectivity index (χ4n) is 3.48. The first-order chi connectivity index (χ1) is 9.78. The molecule has 20 heavy (non-hydrogen) atoms. The zero-order valence-corrected chi connectivity index (χ0v) is 12.0. The van der Waals surface area contributed by atoms with Crippen molar-refractivity contribution < 1.29 is 9.90 Å². The molecule has 1 N–H and O–H groups in total. The Balaban J connectivity index is 1.71. The zero-order chi connectivity index (χ0) is 13.9. The molecular weight excluding hydrogens is 250 g/mol. The number of carbonyl (C=O) groups excluding carboxylic acids is 1. The molecule has 1 heterocycles. The van der Waals surface area contributed by atoms with Crippen molar-refractivity contribution in [3.05, 3.63) is 34.9 Å². The van der Waals surface area contributed by atoms with E-state index in [9.17, 15) is 4.79 Å². The first kappa shape index (κ1) is 13.6. The summed E-state index contributed by atoms with van der Waals surface area (Å²) >= 11 is 0. The molecule has 108 valence electrons. The maximum Gasteiger partial charge on any atom is 0.253 e. The van der Waals surface area contributed by atoms with Crippen molar-refractivity contribution in [2.45, 2.75) is 38.5 Å². The molecule has 0 saturated carbocycles. The van der Waals surface area contributed by atoms with E-state index in [1.54, 1.807) is 0 Å². The highest BCUT2D eigenvalue weighted by Gasteiger charge is 2.26. The summed E-state index contributed by atoms with van der Waals surface area (Å²) in [6.45, 7) is 1.86. The summed E-state index contributed by atoms with van der Waals surface area (Å²) in [7, 11) is 0. The Labute approximate surface area is 120 Å². The van der Waals surface area contributed by atoms with Gasteiger partial charge in [0.05, 0.1) is 0 Å². The summed E-state index contributed by atoms with van der Waals surface area (Å²) in [5, 5.41) is 9.00. The summed E-state index contributed by atoms with van der Waals surface area (Å²) in [4.78, 5) is 14.5. The van der Waals surface area contributed by atoms with Crippen molar-refractivity contribution in [3.63, 3.8) is 0 Å². The van der Waals surface area contributed by atoms with E-state index in [1.807, 2.05) is 11.0 Å². The Bertz CT molecular complexity index is 498. The molecule has 3 rings (SSSR count). The fraction of sp³-hybridized carbons (Fsp3) is 0.588. The molecule has 0 spiro atoms. The van der Waals surface area contributed by atoms with E-state index in [0.29, 0.717) is 5.92 Å². The maximum atomic E-state index is 12.5. The van der Waals surface area contributed by atoms with Crippen LogP contribution in [0.3, 0.4) is 0 Å². The Morgan fingerprint density at radius 1 is 1.25 bits per heavy atom. The van der Waals surface area contributed by atoms with Crippen molar-refractivity contribution in [1.82, 2.24) is 4.90 Å². The van der Waals surface area contributed by atoms with Crippen molar-refractivity contribution >= 4 is 5.91 Å². The number of likely N-dealkylation sites (tertiary alicyclic amines) is 1. The number of amides is 1. The molecule has 3 heteroatoms.